The molecule has 1 saturated heterocycles. The molecular formula is C20H28N2O3. The largest absolute Gasteiger partial charge is 0.486 e. The molecule has 5 heteroatoms. The van der Waals surface area contributed by atoms with Gasteiger partial charge in [-0.05, 0) is 42.2 Å². The maximum atomic E-state index is 12.6. The number of nitrogens with one attached hydrogen (secondary N) is 1. The van der Waals surface area contributed by atoms with E-state index in [2.05, 4.69) is 31.0 Å². The second kappa shape index (κ2) is 5.90. The van der Waals surface area contributed by atoms with Crippen LogP contribution >= 0.6 is 0 Å². The predicted molar refractivity (Wildman–Crippen MR) is 97.2 cm³/mol. The van der Waals surface area contributed by atoms with Crippen LogP contribution in [0.2, 0.25) is 0 Å². The topological polar surface area (TPSA) is 50.8 Å². The first kappa shape index (κ1) is 16.7. The van der Waals surface area contributed by atoms with E-state index in [1.54, 1.807) is 0 Å². The van der Waals surface area contributed by atoms with Gasteiger partial charge in [-0.25, -0.2) is 0 Å². The van der Waals surface area contributed by atoms with E-state index in [-0.39, 0.29) is 5.91 Å². The standard InChI is InChI=1S/C20H28N2O3/c1-19(2)9-15-10-20(3,12-19)13-22(15)11-18(23)21-14-4-5-16-17(8-14)25-7-6-24-16/h4-5,8,15H,6-7,9-13H2,1-3H3,(H,21,23)/t15-,20+/m0/s1. The van der Waals surface area contributed by atoms with Gasteiger partial charge in [0, 0.05) is 24.3 Å². The minimum atomic E-state index is 0.0469. The molecule has 0 aromatic heterocycles. The van der Waals surface area contributed by atoms with Gasteiger partial charge in [0.05, 0.1) is 6.54 Å². The Morgan fingerprint density at radius 3 is 2.76 bits per heavy atom. The fourth-order valence-electron chi connectivity index (χ4n) is 5.27. The molecule has 4 rings (SSSR count). The number of ether oxygens (including phenoxy) is 2. The highest BCUT2D eigenvalue weighted by Gasteiger charge is 2.49. The number of fused-ring (bicyclic) bond motifs is 3. The lowest BCUT2D eigenvalue weighted by Crippen LogP contribution is -2.38. The highest BCUT2D eigenvalue weighted by Crippen LogP contribution is 2.52. The van der Waals surface area contributed by atoms with Crippen molar-refractivity contribution in [2.24, 2.45) is 10.8 Å². The zero-order chi connectivity index (χ0) is 17.7. The molecular weight excluding hydrogens is 316 g/mol. The van der Waals surface area contributed by atoms with Crippen molar-refractivity contribution in [3.63, 3.8) is 0 Å². The molecule has 2 aliphatic heterocycles. The van der Waals surface area contributed by atoms with Crippen molar-refractivity contribution in [3.8, 4) is 11.5 Å². The third kappa shape index (κ3) is 3.47. The van der Waals surface area contributed by atoms with Crippen LogP contribution in [0.5, 0.6) is 11.5 Å². The van der Waals surface area contributed by atoms with Crippen LogP contribution in [0.4, 0.5) is 5.69 Å². The van der Waals surface area contributed by atoms with Gasteiger partial charge in [0.25, 0.3) is 0 Å². The second-order valence-electron chi connectivity index (χ2n) is 9.03. The van der Waals surface area contributed by atoms with Crippen molar-refractivity contribution in [3.05, 3.63) is 18.2 Å². The summed E-state index contributed by atoms with van der Waals surface area (Å²) in [6.07, 6.45) is 3.64. The van der Waals surface area contributed by atoms with Crippen LogP contribution in [0.1, 0.15) is 40.0 Å². The molecule has 3 aliphatic rings. The molecule has 1 N–H and O–H groups in total. The van der Waals surface area contributed by atoms with Gasteiger partial charge in [-0.15, -0.1) is 0 Å². The van der Waals surface area contributed by atoms with Gasteiger partial charge in [-0.1, -0.05) is 20.8 Å². The first-order valence-electron chi connectivity index (χ1n) is 9.26. The summed E-state index contributed by atoms with van der Waals surface area (Å²) in [5.74, 6) is 1.49. The minimum Gasteiger partial charge on any atom is -0.486 e. The molecule has 1 aliphatic carbocycles. The van der Waals surface area contributed by atoms with Crippen LogP contribution < -0.4 is 14.8 Å². The van der Waals surface area contributed by atoms with Crippen LogP contribution in [0.15, 0.2) is 18.2 Å². The van der Waals surface area contributed by atoms with Crippen molar-refractivity contribution in [2.45, 2.75) is 46.1 Å². The molecule has 0 spiro atoms. The number of likely N-dealkylation sites (tertiary alicyclic amines) is 1. The lowest BCUT2D eigenvalue weighted by atomic mass is 9.65. The van der Waals surface area contributed by atoms with Crippen LogP contribution in [0.3, 0.4) is 0 Å². The summed E-state index contributed by atoms with van der Waals surface area (Å²) in [7, 11) is 0. The van der Waals surface area contributed by atoms with E-state index >= 15 is 0 Å². The Morgan fingerprint density at radius 2 is 1.96 bits per heavy atom. The Bertz CT molecular complexity index is 688. The number of benzene rings is 1. The van der Waals surface area contributed by atoms with E-state index in [1.807, 2.05) is 18.2 Å². The van der Waals surface area contributed by atoms with E-state index in [9.17, 15) is 4.79 Å². The maximum Gasteiger partial charge on any atom is 0.238 e. The zero-order valence-electron chi connectivity index (χ0n) is 15.4. The number of rotatable bonds is 3. The predicted octanol–water partition coefficient (Wildman–Crippen LogP) is 3.30. The van der Waals surface area contributed by atoms with E-state index in [4.69, 9.17) is 9.47 Å². The number of hydrogen-bond donors (Lipinski definition) is 1. The summed E-state index contributed by atoms with van der Waals surface area (Å²) in [6.45, 7) is 9.70. The molecule has 2 heterocycles. The Hall–Kier alpha value is -1.75. The van der Waals surface area contributed by atoms with Crippen molar-refractivity contribution in [2.75, 3.05) is 31.6 Å². The third-order valence-corrected chi connectivity index (χ3v) is 5.70. The van der Waals surface area contributed by atoms with Gasteiger partial charge in [-0.2, -0.15) is 0 Å². The number of amides is 1. The highest BCUT2D eigenvalue weighted by atomic mass is 16.6. The quantitative estimate of drug-likeness (QED) is 0.914. The average molecular weight is 344 g/mol. The summed E-state index contributed by atoms with van der Waals surface area (Å²) in [5.41, 5.74) is 1.49. The molecule has 1 aromatic rings. The molecule has 25 heavy (non-hydrogen) atoms. The van der Waals surface area contributed by atoms with E-state index in [0.29, 0.717) is 42.4 Å². The second-order valence-corrected chi connectivity index (χ2v) is 9.03. The number of hydrogen-bond acceptors (Lipinski definition) is 4. The van der Waals surface area contributed by atoms with Gasteiger partial charge in [0.2, 0.25) is 5.91 Å². The molecule has 0 unspecified atom stereocenters. The van der Waals surface area contributed by atoms with Gasteiger partial charge in [0.1, 0.15) is 13.2 Å². The summed E-state index contributed by atoms with van der Waals surface area (Å²) >= 11 is 0. The molecule has 136 valence electrons. The smallest absolute Gasteiger partial charge is 0.238 e. The van der Waals surface area contributed by atoms with Crippen LogP contribution in [0.25, 0.3) is 0 Å². The first-order chi connectivity index (χ1) is 11.8. The van der Waals surface area contributed by atoms with Gasteiger partial charge in [0.15, 0.2) is 11.5 Å². The number of carbonyl (C=O) groups excluding carboxylic acids is 1. The van der Waals surface area contributed by atoms with Gasteiger partial charge >= 0.3 is 0 Å². The van der Waals surface area contributed by atoms with E-state index < -0.39 is 0 Å². The van der Waals surface area contributed by atoms with Gasteiger partial charge < -0.3 is 14.8 Å². The number of carbonyl (C=O) groups is 1. The fraction of sp³-hybridized carbons (Fsp3) is 0.650. The average Bonchev–Trinajstić information content (AvgIpc) is 2.75. The normalized spacial score (nSPS) is 30.1. The van der Waals surface area contributed by atoms with E-state index in [0.717, 1.165) is 18.0 Å². The van der Waals surface area contributed by atoms with Crippen LogP contribution in [-0.2, 0) is 4.79 Å². The van der Waals surface area contributed by atoms with Crippen LogP contribution in [0, 0.1) is 10.8 Å². The van der Waals surface area contributed by atoms with Crippen molar-refractivity contribution < 1.29 is 14.3 Å². The minimum absolute atomic E-state index is 0.0469. The first-order valence-corrected chi connectivity index (χ1v) is 9.26. The Balaban J connectivity index is 1.40. The fourth-order valence-corrected chi connectivity index (χ4v) is 5.27. The SMILES string of the molecule is CC1(C)C[C@H]2C[C@@](C)(CN2CC(=O)Nc2ccc3c(c2)OCCO3)C1. The summed E-state index contributed by atoms with van der Waals surface area (Å²) < 4.78 is 11.1. The van der Waals surface area contributed by atoms with Crippen LogP contribution in [-0.4, -0.2) is 43.2 Å². The Morgan fingerprint density at radius 1 is 1.20 bits per heavy atom. The summed E-state index contributed by atoms with van der Waals surface area (Å²) in [5, 5.41) is 3.02. The van der Waals surface area contributed by atoms with Crippen molar-refractivity contribution in [1.29, 1.82) is 0 Å². The third-order valence-electron chi connectivity index (χ3n) is 5.70. The Labute approximate surface area is 149 Å². The molecule has 2 fully saturated rings. The molecule has 1 amide bonds. The Kier molecular flexibility index (Phi) is 3.95. The summed E-state index contributed by atoms with van der Waals surface area (Å²) in [4.78, 5) is 14.9. The lowest BCUT2D eigenvalue weighted by Gasteiger charge is -2.39. The highest BCUT2D eigenvalue weighted by molar-refractivity contribution is 5.92. The maximum absolute atomic E-state index is 12.6. The zero-order valence-corrected chi connectivity index (χ0v) is 15.4. The lowest BCUT2D eigenvalue weighted by molar-refractivity contribution is -0.117. The van der Waals surface area contributed by atoms with Gasteiger partial charge in [-0.3, -0.25) is 9.69 Å². The summed E-state index contributed by atoms with van der Waals surface area (Å²) in [6, 6.07) is 6.10. The van der Waals surface area contributed by atoms with E-state index in [1.165, 1.54) is 19.3 Å². The molecule has 0 radical (unpaired) electrons. The number of nitrogens with zero attached hydrogens (tertiary/aromatic N) is 1. The number of anilines is 1. The molecule has 5 nitrogen and oxygen atoms in total. The monoisotopic (exact) mass is 344 g/mol. The molecule has 2 bridgehead atoms. The molecule has 1 aromatic carbocycles. The molecule has 1 saturated carbocycles. The van der Waals surface area contributed by atoms with Crippen molar-refractivity contribution in [1.82, 2.24) is 4.90 Å². The molecule has 2 atom stereocenters. The van der Waals surface area contributed by atoms with Crippen molar-refractivity contribution >= 4 is 11.6 Å².